The number of benzene rings is 2. The number of carbonyl (C=O) groups is 2. The van der Waals surface area contributed by atoms with Gasteiger partial charge in [0.1, 0.15) is 0 Å². The van der Waals surface area contributed by atoms with E-state index in [-0.39, 0.29) is 35.5 Å². The Bertz CT molecular complexity index is 1340. The molecule has 2 fully saturated rings. The van der Waals surface area contributed by atoms with Crippen LogP contribution in [0.4, 0.5) is 0 Å². The molecule has 2 heterocycles. The number of phenolic OH excluding ortho intramolecular Hbond substituents is 1. The molecule has 5 rings (SSSR count). The van der Waals surface area contributed by atoms with Gasteiger partial charge in [-0.1, -0.05) is 48.9 Å². The number of ether oxygens (including phenoxy) is 1. The molecule has 0 radical (unpaired) electrons. The van der Waals surface area contributed by atoms with Crippen LogP contribution in [0, 0.1) is 21.3 Å². The third kappa shape index (κ3) is 5.28. The van der Waals surface area contributed by atoms with Crippen molar-refractivity contribution >= 4 is 53.2 Å². The lowest BCUT2D eigenvalue weighted by atomic mass is 9.58. The highest BCUT2D eigenvalue weighted by atomic mass is 127. The summed E-state index contributed by atoms with van der Waals surface area (Å²) in [7, 11) is 2.12. The Morgan fingerprint density at radius 1 is 1.21 bits per heavy atom. The number of amides is 2. The predicted octanol–water partition coefficient (Wildman–Crippen LogP) is 5.16. The molecule has 3 aliphatic rings. The van der Waals surface area contributed by atoms with Crippen LogP contribution in [-0.2, 0) is 14.2 Å². The van der Waals surface area contributed by atoms with Gasteiger partial charge in [-0.25, -0.2) is 0 Å². The summed E-state index contributed by atoms with van der Waals surface area (Å²) < 4.78 is 12.2. The number of fused-ring (bicyclic) bond motifs is 3. The molecule has 2 aromatic carbocycles. The number of carbonyl (C=O) groups excluding carboxylic acids is 2. The Morgan fingerprint density at radius 3 is 2.64 bits per heavy atom. The van der Waals surface area contributed by atoms with Gasteiger partial charge in [0.05, 0.1) is 28.6 Å². The molecule has 2 saturated heterocycles. The minimum Gasteiger partial charge on any atom is -0.504 e. The number of methoxy groups -OCH3 is 1. The number of likely N-dealkylation sites (tertiary alicyclic amines) is 1. The van der Waals surface area contributed by atoms with Crippen LogP contribution in [-0.4, -0.2) is 54.2 Å². The third-order valence-electron chi connectivity index (χ3n) is 8.39. The molecule has 9 heteroatoms. The van der Waals surface area contributed by atoms with Crippen molar-refractivity contribution in [1.82, 2.24) is 4.90 Å². The molecule has 39 heavy (non-hydrogen) atoms. The van der Waals surface area contributed by atoms with E-state index in [1.807, 2.05) is 30.3 Å². The predicted molar refractivity (Wildman–Crippen MR) is 159 cm³/mol. The lowest BCUT2D eigenvalue weighted by Crippen LogP contribution is -2.46. The van der Waals surface area contributed by atoms with Gasteiger partial charge in [-0.15, -0.1) is 0 Å². The second-order valence-electron chi connectivity index (χ2n) is 10.5. The standard InChI is InChI=1S/C30H33BINO6/c1-4-18-15-21-27(30(36)33(2)29(21)35)22-16-31(37)39-24(26(18)22)11-10-20(19-8-6-5-7-9-19)12-17-13-23(32)28(34)25(14-17)38-3/h5-9,12-14,21-22,24,27,34,37H,4,10-11,15-16H2,1-3H3/b20-12-/t21-,22+,24-,27-/m1/s1. The molecule has 1 aliphatic carbocycles. The van der Waals surface area contributed by atoms with Crippen molar-refractivity contribution in [1.29, 1.82) is 0 Å². The van der Waals surface area contributed by atoms with Crippen molar-refractivity contribution in [2.45, 2.75) is 45.0 Å². The van der Waals surface area contributed by atoms with Gasteiger partial charge in [0.25, 0.3) is 0 Å². The Balaban J connectivity index is 1.48. The maximum atomic E-state index is 13.1. The molecular formula is C30H33BINO6. The lowest BCUT2D eigenvalue weighted by Gasteiger charge is -2.43. The molecule has 4 atom stereocenters. The first kappa shape index (κ1) is 27.9. The smallest absolute Gasteiger partial charge is 0.455 e. The van der Waals surface area contributed by atoms with Crippen molar-refractivity contribution in [2.75, 3.05) is 14.2 Å². The Hall–Kier alpha value is -2.63. The first-order valence-electron chi connectivity index (χ1n) is 13.4. The molecule has 0 aromatic heterocycles. The van der Waals surface area contributed by atoms with E-state index < -0.39 is 13.0 Å². The van der Waals surface area contributed by atoms with Gasteiger partial charge in [0, 0.05) is 7.05 Å². The molecule has 7 nitrogen and oxygen atoms in total. The SMILES string of the molecule is CCC1=C2[C@@H](CC/C(=C/c3cc(I)c(O)c(OC)c3)c3ccccc3)OB(O)C[C@@H]2[C@@H]2C(=O)N(C)C(=O)[C@@H]2C1. The molecule has 2 aliphatic heterocycles. The summed E-state index contributed by atoms with van der Waals surface area (Å²) in [5.41, 5.74) is 5.34. The van der Waals surface area contributed by atoms with E-state index >= 15 is 0 Å². The zero-order valence-corrected chi connectivity index (χ0v) is 24.6. The first-order chi connectivity index (χ1) is 18.7. The molecular weight excluding hydrogens is 608 g/mol. The molecule has 2 amide bonds. The van der Waals surface area contributed by atoms with Gasteiger partial charge in [-0.3, -0.25) is 14.5 Å². The summed E-state index contributed by atoms with van der Waals surface area (Å²) in [5, 5.41) is 21.0. The molecule has 0 unspecified atom stereocenters. The van der Waals surface area contributed by atoms with E-state index in [0.29, 0.717) is 34.9 Å². The van der Waals surface area contributed by atoms with E-state index in [1.165, 1.54) is 17.6 Å². The summed E-state index contributed by atoms with van der Waals surface area (Å²) >= 11 is 2.09. The molecule has 2 N–H and O–H groups in total. The number of hydrogen-bond donors (Lipinski definition) is 2. The Labute approximate surface area is 243 Å². The van der Waals surface area contributed by atoms with Crippen LogP contribution >= 0.6 is 22.6 Å². The number of imide groups is 1. The van der Waals surface area contributed by atoms with Crippen LogP contribution < -0.4 is 4.74 Å². The highest BCUT2D eigenvalue weighted by Crippen LogP contribution is 2.51. The largest absolute Gasteiger partial charge is 0.504 e. The van der Waals surface area contributed by atoms with Crippen LogP contribution in [0.25, 0.3) is 11.6 Å². The number of aromatic hydroxyl groups is 1. The van der Waals surface area contributed by atoms with Crippen LogP contribution in [0.2, 0.25) is 6.32 Å². The minimum atomic E-state index is -0.985. The summed E-state index contributed by atoms with van der Waals surface area (Å²) in [6.07, 6.45) is 4.72. The summed E-state index contributed by atoms with van der Waals surface area (Å²) in [4.78, 5) is 27.2. The van der Waals surface area contributed by atoms with Gasteiger partial charge in [0.2, 0.25) is 11.8 Å². The third-order valence-corrected chi connectivity index (χ3v) is 9.21. The zero-order valence-electron chi connectivity index (χ0n) is 22.4. The van der Waals surface area contributed by atoms with Gasteiger partial charge < -0.3 is 19.5 Å². The van der Waals surface area contributed by atoms with Gasteiger partial charge in [-0.05, 0) is 94.9 Å². The summed E-state index contributed by atoms with van der Waals surface area (Å²) in [5.74, 6) is -0.684. The summed E-state index contributed by atoms with van der Waals surface area (Å²) in [6, 6.07) is 13.8. The molecule has 0 spiro atoms. The topological polar surface area (TPSA) is 96.3 Å². The fraction of sp³-hybridized carbons (Fsp3) is 0.400. The highest BCUT2D eigenvalue weighted by molar-refractivity contribution is 14.1. The van der Waals surface area contributed by atoms with Gasteiger partial charge in [-0.2, -0.15) is 0 Å². The van der Waals surface area contributed by atoms with Crippen molar-refractivity contribution in [3.63, 3.8) is 0 Å². The lowest BCUT2D eigenvalue weighted by molar-refractivity contribution is -0.138. The van der Waals surface area contributed by atoms with E-state index in [4.69, 9.17) is 9.39 Å². The molecule has 2 aromatic rings. The van der Waals surface area contributed by atoms with Crippen molar-refractivity contribution in [3.05, 3.63) is 68.3 Å². The van der Waals surface area contributed by atoms with Crippen LogP contribution in [0.5, 0.6) is 11.5 Å². The maximum absolute atomic E-state index is 13.1. The molecule has 0 bridgehead atoms. The Morgan fingerprint density at radius 2 is 1.95 bits per heavy atom. The number of allylic oxidation sites excluding steroid dienone is 2. The molecule has 204 valence electrons. The zero-order chi connectivity index (χ0) is 27.8. The van der Waals surface area contributed by atoms with Crippen LogP contribution in [0.3, 0.4) is 0 Å². The van der Waals surface area contributed by atoms with Crippen molar-refractivity contribution in [2.24, 2.45) is 17.8 Å². The fourth-order valence-electron chi connectivity index (χ4n) is 6.53. The van der Waals surface area contributed by atoms with Crippen molar-refractivity contribution < 1.29 is 29.1 Å². The van der Waals surface area contributed by atoms with E-state index in [9.17, 15) is 19.7 Å². The van der Waals surface area contributed by atoms with Crippen LogP contribution in [0.15, 0.2) is 53.6 Å². The molecule has 0 saturated carbocycles. The van der Waals surface area contributed by atoms with E-state index in [0.717, 1.165) is 28.7 Å². The monoisotopic (exact) mass is 641 g/mol. The fourth-order valence-corrected chi connectivity index (χ4v) is 7.16. The second-order valence-corrected chi connectivity index (χ2v) is 11.7. The maximum Gasteiger partial charge on any atom is 0.455 e. The number of nitrogens with zero attached hydrogens (tertiary/aromatic N) is 1. The van der Waals surface area contributed by atoms with E-state index in [2.05, 4.69) is 47.7 Å². The normalized spacial score (nSPS) is 25.2. The second kappa shape index (κ2) is 11.5. The average molecular weight is 641 g/mol. The minimum absolute atomic E-state index is 0.110. The first-order valence-corrected chi connectivity index (χ1v) is 14.5. The average Bonchev–Trinajstić information content (AvgIpc) is 3.16. The number of rotatable bonds is 7. The van der Waals surface area contributed by atoms with E-state index in [1.54, 1.807) is 7.05 Å². The number of phenols is 1. The highest BCUT2D eigenvalue weighted by Gasteiger charge is 2.56. The summed E-state index contributed by atoms with van der Waals surface area (Å²) in [6.45, 7) is 2.09. The number of halogens is 1. The Kier molecular flexibility index (Phi) is 8.21. The van der Waals surface area contributed by atoms with Crippen LogP contribution in [0.1, 0.15) is 43.7 Å². The number of hydrogen-bond acceptors (Lipinski definition) is 6. The quantitative estimate of drug-likeness (QED) is 0.143. The van der Waals surface area contributed by atoms with Crippen molar-refractivity contribution in [3.8, 4) is 11.5 Å². The van der Waals surface area contributed by atoms with Gasteiger partial charge >= 0.3 is 7.12 Å². The van der Waals surface area contributed by atoms with Gasteiger partial charge in [0.15, 0.2) is 11.5 Å².